The monoisotopic (exact) mass is 545 g/mol. The van der Waals surface area contributed by atoms with Crippen molar-refractivity contribution in [3.8, 4) is 0 Å². The summed E-state index contributed by atoms with van der Waals surface area (Å²) in [4.78, 5) is 34.8. The van der Waals surface area contributed by atoms with E-state index < -0.39 is 17.2 Å². The number of benzene rings is 3. The van der Waals surface area contributed by atoms with Crippen LogP contribution in [0.2, 0.25) is 0 Å². The number of carbonyl (C=O) groups excluding carboxylic acids is 2. The van der Waals surface area contributed by atoms with Crippen LogP contribution >= 0.6 is 0 Å². The highest BCUT2D eigenvalue weighted by Crippen LogP contribution is 2.40. The number of carbonyl (C=O) groups is 2. The number of ether oxygens (including phenoxy) is 1. The summed E-state index contributed by atoms with van der Waals surface area (Å²) in [6, 6.07) is 19.2. The van der Waals surface area contributed by atoms with Gasteiger partial charge < -0.3 is 9.64 Å². The van der Waals surface area contributed by atoms with Crippen LogP contribution in [0.3, 0.4) is 0 Å². The highest BCUT2D eigenvalue weighted by atomic mass is 19.1. The predicted molar refractivity (Wildman–Crippen MR) is 149 cm³/mol. The highest BCUT2D eigenvalue weighted by molar-refractivity contribution is 6.09. The van der Waals surface area contributed by atoms with E-state index in [1.807, 2.05) is 12.1 Å². The Balaban J connectivity index is 1.22. The number of nitrogens with zero attached hydrogens (tertiary/aromatic N) is 3. The summed E-state index contributed by atoms with van der Waals surface area (Å²) in [6.07, 6.45) is 2.75. The van der Waals surface area contributed by atoms with Gasteiger partial charge in [0.05, 0.1) is 12.7 Å². The lowest BCUT2D eigenvalue weighted by molar-refractivity contribution is -0.130. The van der Waals surface area contributed by atoms with Crippen LogP contribution in [0, 0.1) is 11.6 Å². The van der Waals surface area contributed by atoms with Crippen molar-refractivity contribution in [2.24, 2.45) is 4.99 Å². The van der Waals surface area contributed by atoms with Gasteiger partial charge in [-0.3, -0.25) is 9.69 Å². The van der Waals surface area contributed by atoms with E-state index in [0.717, 1.165) is 44.5 Å². The summed E-state index contributed by atoms with van der Waals surface area (Å²) in [6.45, 7) is 5.01. The zero-order valence-electron chi connectivity index (χ0n) is 22.8. The van der Waals surface area contributed by atoms with Crippen LogP contribution in [0.25, 0.3) is 0 Å². The fourth-order valence-corrected chi connectivity index (χ4v) is 5.86. The lowest BCUT2D eigenvalue weighted by Crippen LogP contribution is -2.43. The molecule has 0 radical (unpaired) electrons. The van der Waals surface area contributed by atoms with Gasteiger partial charge in [0.15, 0.2) is 5.54 Å². The SMILES string of the molecule is COC(=O)c1cccc(C2CCN(CCCN3C(=O)C(c4ccc(F)cc4)(c4ccc(F)cc4)N=C3C)CC2)c1. The predicted octanol–water partition coefficient (Wildman–Crippen LogP) is 5.53. The Kier molecular flexibility index (Phi) is 8.07. The maximum absolute atomic E-state index is 14.0. The van der Waals surface area contributed by atoms with Gasteiger partial charge in [-0.15, -0.1) is 0 Å². The van der Waals surface area contributed by atoms with Crippen LogP contribution in [-0.2, 0) is 15.1 Å². The number of hydrogen-bond donors (Lipinski definition) is 0. The van der Waals surface area contributed by atoms with E-state index >= 15 is 0 Å². The summed E-state index contributed by atoms with van der Waals surface area (Å²) >= 11 is 0. The number of aliphatic imine (C=N–C) groups is 1. The minimum atomic E-state index is -1.37. The summed E-state index contributed by atoms with van der Waals surface area (Å²) < 4.78 is 32.3. The third-order valence-electron chi connectivity index (χ3n) is 8.02. The molecule has 2 aliphatic rings. The van der Waals surface area contributed by atoms with Gasteiger partial charge in [-0.1, -0.05) is 36.4 Å². The van der Waals surface area contributed by atoms with Gasteiger partial charge in [0, 0.05) is 6.54 Å². The number of hydrogen-bond acceptors (Lipinski definition) is 5. The molecule has 0 aliphatic carbocycles. The van der Waals surface area contributed by atoms with Crippen molar-refractivity contribution in [1.82, 2.24) is 9.80 Å². The van der Waals surface area contributed by atoms with E-state index in [1.54, 1.807) is 42.2 Å². The van der Waals surface area contributed by atoms with Gasteiger partial charge in [-0.25, -0.2) is 18.6 Å². The molecule has 3 aromatic carbocycles. The second-order valence-corrected chi connectivity index (χ2v) is 10.4. The van der Waals surface area contributed by atoms with E-state index in [4.69, 9.17) is 9.73 Å². The number of likely N-dealkylation sites (tertiary alicyclic amines) is 1. The van der Waals surface area contributed by atoms with E-state index in [0.29, 0.717) is 35.0 Å². The molecule has 1 saturated heterocycles. The van der Waals surface area contributed by atoms with E-state index in [2.05, 4.69) is 11.0 Å². The zero-order valence-corrected chi connectivity index (χ0v) is 22.8. The standard InChI is InChI=1S/C32H33F2N3O3/c1-22-35-32(26-7-11-28(33)12-8-26,27-9-13-29(34)14-10-27)31(39)37(22)18-4-17-36-19-15-23(16-20-36)24-5-3-6-25(21-24)30(38)40-2/h3,5-14,21,23H,4,15-20H2,1-2H3. The summed E-state index contributed by atoms with van der Waals surface area (Å²) in [5.41, 5.74) is 1.46. The lowest BCUT2D eigenvalue weighted by atomic mass is 9.82. The smallest absolute Gasteiger partial charge is 0.337 e. The van der Waals surface area contributed by atoms with Crippen LogP contribution in [0.5, 0.6) is 0 Å². The fourth-order valence-electron chi connectivity index (χ4n) is 5.86. The molecule has 1 amide bonds. The molecule has 0 unspecified atom stereocenters. The minimum Gasteiger partial charge on any atom is -0.465 e. The molecule has 40 heavy (non-hydrogen) atoms. The summed E-state index contributed by atoms with van der Waals surface area (Å²) in [5.74, 6) is -0.364. The quantitative estimate of drug-likeness (QED) is 0.350. The van der Waals surface area contributed by atoms with Crippen molar-refractivity contribution in [2.45, 2.75) is 37.6 Å². The van der Waals surface area contributed by atoms with Crippen LogP contribution in [0.1, 0.15) is 59.2 Å². The van der Waals surface area contributed by atoms with Crippen molar-refractivity contribution in [1.29, 1.82) is 0 Å². The van der Waals surface area contributed by atoms with Crippen molar-refractivity contribution in [2.75, 3.05) is 33.3 Å². The summed E-state index contributed by atoms with van der Waals surface area (Å²) in [7, 11) is 1.39. The van der Waals surface area contributed by atoms with Crippen LogP contribution in [-0.4, -0.2) is 60.8 Å². The topological polar surface area (TPSA) is 62.2 Å². The Morgan fingerprint density at radius 2 is 1.55 bits per heavy atom. The Bertz CT molecular complexity index is 1350. The second-order valence-electron chi connectivity index (χ2n) is 10.4. The Hall–Kier alpha value is -3.91. The largest absolute Gasteiger partial charge is 0.465 e. The second kappa shape index (κ2) is 11.7. The molecular weight excluding hydrogens is 512 g/mol. The summed E-state index contributed by atoms with van der Waals surface area (Å²) in [5, 5.41) is 0. The van der Waals surface area contributed by atoms with Crippen molar-refractivity contribution in [3.05, 3.63) is 107 Å². The van der Waals surface area contributed by atoms with Gasteiger partial charge in [-0.05, 0) is 105 Å². The number of halogens is 2. The molecule has 2 heterocycles. The normalized spacial score (nSPS) is 17.6. The molecule has 0 N–H and O–H groups in total. The van der Waals surface area contributed by atoms with E-state index in [9.17, 15) is 18.4 Å². The Morgan fingerprint density at radius 3 is 2.12 bits per heavy atom. The molecular formula is C32H33F2N3O3. The van der Waals surface area contributed by atoms with Crippen molar-refractivity contribution in [3.63, 3.8) is 0 Å². The van der Waals surface area contributed by atoms with Crippen LogP contribution in [0.15, 0.2) is 77.8 Å². The number of piperidine rings is 1. The van der Waals surface area contributed by atoms with Gasteiger partial charge in [-0.2, -0.15) is 0 Å². The number of esters is 1. The Labute approximate surface area is 233 Å². The molecule has 1 fully saturated rings. The molecule has 0 aromatic heterocycles. The maximum Gasteiger partial charge on any atom is 0.337 e. The first-order valence-corrected chi connectivity index (χ1v) is 13.6. The molecule has 208 valence electrons. The molecule has 3 aromatic rings. The van der Waals surface area contributed by atoms with Crippen molar-refractivity contribution >= 4 is 17.7 Å². The first-order chi connectivity index (χ1) is 19.3. The average Bonchev–Trinajstić information content (AvgIpc) is 3.23. The van der Waals surface area contributed by atoms with E-state index in [-0.39, 0.29) is 11.9 Å². The highest BCUT2D eigenvalue weighted by Gasteiger charge is 2.49. The molecule has 6 nitrogen and oxygen atoms in total. The molecule has 0 bridgehead atoms. The zero-order chi connectivity index (χ0) is 28.3. The van der Waals surface area contributed by atoms with Crippen LogP contribution in [0.4, 0.5) is 8.78 Å². The van der Waals surface area contributed by atoms with Gasteiger partial charge in [0.25, 0.3) is 5.91 Å². The molecule has 0 saturated carbocycles. The molecule has 0 spiro atoms. The third-order valence-corrected chi connectivity index (χ3v) is 8.02. The molecule has 2 aliphatic heterocycles. The van der Waals surface area contributed by atoms with E-state index in [1.165, 1.54) is 31.4 Å². The first kappa shape index (κ1) is 27.6. The number of methoxy groups -OCH3 is 1. The number of amidine groups is 1. The molecule has 0 atom stereocenters. The van der Waals surface area contributed by atoms with Gasteiger partial charge in [0.2, 0.25) is 0 Å². The van der Waals surface area contributed by atoms with Crippen LogP contribution < -0.4 is 0 Å². The number of rotatable bonds is 8. The Morgan fingerprint density at radius 1 is 0.950 bits per heavy atom. The number of amides is 1. The third kappa shape index (κ3) is 5.41. The first-order valence-electron chi connectivity index (χ1n) is 13.6. The maximum atomic E-state index is 14.0. The van der Waals surface area contributed by atoms with Crippen molar-refractivity contribution < 1.29 is 23.1 Å². The molecule has 8 heteroatoms. The lowest BCUT2D eigenvalue weighted by Gasteiger charge is -2.33. The average molecular weight is 546 g/mol. The molecule has 5 rings (SSSR count). The minimum absolute atomic E-state index is 0.215. The van der Waals surface area contributed by atoms with Gasteiger partial charge >= 0.3 is 5.97 Å². The van der Waals surface area contributed by atoms with Gasteiger partial charge in [0.1, 0.15) is 17.5 Å². The fraction of sp³-hybridized carbons (Fsp3) is 0.344.